The highest BCUT2D eigenvalue weighted by Crippen LogP contribution is 2.32. The summed E-state index contributed by atoms with van der Waals surface area (Å²) in [6, 6.07) is 9.59. The maximum Gasteiger partial charge on any atom is 0.322 e. The Balaban J connectivity index is 1.98. The number of sulfonamides is 1. The summed E-state index contributed by atoms with van der Waals surface area (Å²) in [4.78, 5) is 16.0. The number of benzene rings is 2. The van der Waals surface area contributed by atoms with Crippen LogP contribution < -0.4 is 4.74 Å². The van der Waals surface area contributed by atoms with E-state index in [0.717, 1.165) is 22.8 Å². The second kappa shape index (κ2) is 13.2. The van der Waals surface area contributed by atoms with E-state index >= 15 is 4.39 Å². The van der Waals surface area contributed by atoms with Crippen molar-refractivity contribution < 1.29 is 27.4 Å². The molecule has 0 amide bonds. The van der Waals surface area contributed by atoms with Crippen molar-refractivity contribution >= 4 is 27.6 Å². The number of methoxy groups -OCH3 is 1. The summed E-state index contributed by atoms with van der Waals surface area (Å²) < 4.78 is 46.9. The number of likely N-dealkylation sites (N-methyl/N-ethyl adjacent to an activating group) is 1. The Kier molecular flexibility index (Phi) is 10.6. The van der Waals surface area contributed by atoms with Gasteiger partial charge in [0.15, 0.2) is 11.6 Å². The molecule has 2 aromatic carbocycles. The van der Waals surface area contributed by atoms with Crippen LogP contribution in [0, 0.1) is 11.2 Å². The maximum atomic E-state index is 15.4. The molecule has 1 saturated heterocycles. The lowest BCUT2D eigenvalue weighted by atomic mass is 9.87. The van der Waals surface area contributed by atoms with Gasteiger partial charge in [0.2, 0.25) is 10.0 Å². The van der Waals surface area contributed by atoms with Gasteiger partial charge in [0, 0.05) is 42.8 Å². The Morgan fingerprint density at radius 1 is 1.20 bits per heavy atom. The Labute approximate surface area is 242 Å². The number of aliphatic carboxylic acids is 1. The SMILES string of the molecule is COc1ccc(Cl)c(CN(Cc2cccc(CN3[C@H](C(=O)O)CCS3(=O)=O)c2)[C@H](CN(C)C)CC(C)(C)C)c1F. The summed E-state index contributed by atoms with van der Waals surface area (Å²) in [7, 11) is 1.77. The summed E-state index contributed by atoms with van der Waals surface area (Å²) >= 11 is 6.49. The van der Waals surface area contributed by atoms with Crippen molar-refractivity contribution in [3.8, 4) is 5.75 Å². The summed E-state index contributed by atoms with van der Waals surface area (Å²) in [6.07, 6.45) is 0.900. The molecule has 1 N–H and O–H groups in total. The second-order valence-electron chi connectivity index (χ2n) is 12.0. The number of carboxylic acid groups (broad SMARTS) is 1. The zero-order valence-electron chi connectivity index (χ0n) is 24.2. The van der Waals surface area contributed by atoms with E-state index in [9.17, 15) is 18.3 Å². The first-order chi connectivity index (χ1) is 18.6. The van der Waals surface area contributed by atoms with E-state index in [1.54, 1.807) is 12.1 Å². The number of hydrogen-bond donors (Lipinski definition) is 1. The number of hydrogen-bond acceptors (Lipinski definition) is 6. The van der Waals surface area contributed by atoms with Gasteiger partial charge >= 0.3 is 5.97 Å². The van der Waals surface area contributed by atoms with Crippen LogP contribution in [0.4, 0.5) is 4.39 Å². The van der Waals surface area contributed by atoms with Crippen molar-refractivity contribution in [1.82, 2.24) is 14.1 Å². The molecule has 0 saturated carbocycles. The predicted molar refractivity (Wildman–Crippen MR) is 155 cm³/mol. The Bertz CT molecular complexity index is 1300. The van der Waals surface area contributed by atoms with Crippen molar-refractivity contribution in [3.05, 3.63) is 63.9 Å². The molecule has 0 unspecified atom stereocenters. The molecule has 1 aliphatic heterocycles. The third kappa shape index (κ3) is 8.39. The molecule has 2 atom stereocenters. The van der Waals surface area contributed by atoms with E-state index in [4.69, 9.17) is 16.3 Å². The lowest BCUT2D eigenvalue weighted by molar-refractivity contribution is -0.141. The molecule has 0 bridgehead atoms. The topological polar surface area (TPSA) is 90.4 Å². The highest BCUT2D eigenvalue weighted by Gasteiger charge is 2.41. The van der Waals surface area contributed by atoms with Gasteiger partial charge in [0.1, 0.15) is 6.04 Å². The molecule has 1 heterocycles. The van der Waals surface area contributed by atoms with Crippen LogP contribution in [0.2, 0.25) is 5.02 Å². The quantitative estimate of drug-likeness (QED) is 0.374. The average Bonchev–Trinajstić information content (AvgIpc) is 3.13. The summed E-state index contributed by atoms with van der Waals surface area (Å²) in [5.74, 6) is -1.69. The lowest BCUT2D eigenvalue weighted by Crippen LogP contribution is -2.43. The zero-order valence-corrected chi connectivity index (χ0v) is 25.7. The van der Waals surface area contributed by atoms with Gasteiger partial charge < -0.3 is 14.7 Å². The molecular weight excluding hydrogens is 557 g/mol. The van der Waals surface area contributed by atoms with E-state index in [1.165, 1.54) is 13.2 Å². The van der Waals surface area contributed by atoms with E-state index in [0.29, 0.717) is 22.7 Å². The molecule has 0 spiro atoms. The van der Waals surface area contributed by atoms with E-state index in [2.05, 4.69) is 30.6 Å². The normalized spacial score (nSPS) is 18.4. The van der Waals surface area contributed by atoms with Crippen LogP contribution in [-0.2, 0) is 34.5 Å². The lowest BCUT2D eigenvalue weighted by Gasteiger charge is -2.38. The molecule has 2 aromatic rings. The van der Waals surface area contributed by atoms with Gasteiger partial charge in [-0.2, -0.15) is 4.31 Å². The van der Waals surface area contributed by atoms with E-state index < -0.39 is 27.9 Å². The van der Waals surface area contributed by atoms with Gasteiger partial charge in [0.25, 0.3) is 0 Å². The molecule has 40 heavy (non-hydrogen) atoms. The summed E-state index contributed by atoms with van der Waals surface area (Å²) in [5, 5.41) is 9.86. The van der Waals surface area contributed by atoms with Crippen molar-refractivity contribution in [3.63, 3.8) is 0 Å². The Morgan fingerprint density at radius 2 is 1.88 bits per heavy atom. The maximum absolute atomic E-state index is 15.4. The molecule has 1 fully saturated rings. The Morgan fingerprint density at radius 3 is 2.48 bits per heavy atom. The molecule has 222 valence electrons. The molecule has 11 heteroatoms. The average molecular weight is 598 g/mol. The highest BCUT2D eigenvalue weighted by atomic mass is 35.5. The number of ether oxygens (including phenoxy) is 1. The number of carboxylic acids is 1. The third-order valence-corrected chi connectivity index (χ3v) is 9.23. The van der Waals surface area contributed by atoms with Crippen molar-refractivity contribution in [1.29, 1.82) is 0 Å². The summed E-state index contributed by atoms with van der Waals surface area (Å²) in [6.45, 7) is 7.90. The molecule has 8 nitrogen and oxygen atoms in total. The monoisotopic (exact) mass is 597 g/mol. The predicted octanol–water partition coefficient (Wildman–Crippen LogP) is 4.85. The van der Waals surface area contributed by atoms with Gasteiger partial charge in [-0.1, -0.05) is 56.6 Å². The summed E-state index contributed by atoms with van der Waals surface area (Å²) in [5.41, 5.74) is 1.94. The first-order valence-corrected chi connectivity index (χ1v) is 15.3. The standard InChI is InChI=1S/C29H41ClFN3O5S/c1-29(2,3)15-22(18-32(4)5)33(19-23-24(30)10-11-26(39-6)27(23)31)16-20-8-7-9-21(14-20)17-34-25(28(35)36)12-13-40(34,37)38/h7-11,14,22,25H,12-13,15-19H2,1-6H3,(H,35,36)/t22-,25-/m0/s1. The third-order valence-electron chi connectivity index (χ3n) is 7.03. The first kappa shape index (κ1) is 32.3. The number of nitrogens with zero attached hydrogens (tertiary/aromatic N) is 3. The van der Waals surface area contributed by atoms with E-state index in [1.807, 2.05) is 32.3 Å². The molecule has 0 aromatic heterocycles. The van der Waals surface area contributed by atoms with Crippen LogP contribution in [0.5, 0.6) is 5.75 Å². The highest BCUT2D eigenvalue weighted by molar-refractivity contribution is 7.89. The minimum Gasteiger partial charge on any atom is -0.494 e. The fraction of sp³-hybridized carbons (Fsp3) is 0.552. The van der Waals surface area contributed by atoms with Gasteiger partial charge in [0.05, 0.1) is 12.9 Å². The molecule has 0 radical (unpaired) electrons. The second-order valence-corrected chi connectivity index (χ2v) is 14.4. The number of rotatable bonds is 12. The van der Waals surface area contributed by atoms with Crippen LogP contribution in [0.15, 0.2) is 36.4 Å². The minimum absolute atomic E-state index is 0.00650. The van der Waals surface area contributed by atoms with Gasteiger partial charge in [-0.15, -0.1) is 0 Å². The van der Waals surface area contributed by atoms with Gasteiger partial charge in [-0.3, -0.25) is 9.69 Å². The van der Waals surface area contributed by atoms with Crippen LogP contribution >= 0.6 is 11.6 Å². The number of halogens is 2. The minimum atomic E-state index is -3.65. The van der Waals surface area contributed by atoms with Crippen LogP contribution in [0.3, 0.4) is 0 Å². The van der Waals surface area contributed by atoms with Crippen LogP contribution in [0.25, 0.3) is 0 Å². The Hall–Kier alpha value is -2.24. The number of carbonyl (C=O) groups is 1. The zero-order chi connectivity index (χ0) is 29.8. The van der Waals surface area contributed by atoms with Gasteiger partial charge in [-0.25, -0.2) is 12.8 Å². The van der Waals surface area contributed by atoms with Gasteiger partial charge in [-0.05, 0) is 55.6 Å². The van der Waals surface area contributed by atoms with Crippen molar-refractivity contribution in [2.75, 3.05) is 33.5 Å². The van der Waals surface area contributed by atoms with Crippen LogP contribution in [0.1, 0.15) is 50.3 Å². The van der Waals surface area contributed by atoms with Crippen molar-refractivity contribution in [2.45, 2.75) is 65.3 Å². The first-order valence-electron chi connectivity index (χ1n) is 13.3. The fourth-order valence-corrected chi connectivity index (χ4v) is 7.14. The molecule has 1 aliphatic rings. The molecule has 0 aliphatic carbocycles. The van der Waals surface area contributed by atoms with E-state index in [-0.39, 0.29) is 42.5 Å². The smallest absolute Gasteiger partial charge is 0.322 e. The van der Waals surface area contributed by atoms with Crippen molar-refractivity contribution in [2.24, 2.45) is 5.41 Å². The largest absolute Gasteiger partial charge is 0.494 e. The fourth-order valence-electron chi connectivity index (χ4n) is 5.25. The van der Waals surface area contributed by atoms with Crippen LogP contribution in [-0.4, -0.2) is 79.2 Å². The molecule has 3 rings (SSSR count). The molecular formula is C29H41ClFN3O5S.